The summed E-state index contributed by atoms with van der Waals surface area (Å²) in [4.78, 5) is 12.5. The number of carbonyl (C=O) groups is 1. The maximum absolute atomic E-state index is 12.5. The van der Waals surface area contributed by atoms with E-state index in [0.717, 1.165) is 12.6 Å². The molecule has 0 saturated carbocycles. The molecule has 2 atom stereocenters. The van der Waals surface area contributed by atoms with Crippen LogP contribution in [-0.2, 0) is 24.3 Å². The first-order valence-electron chi connectivity index (χ1n) is 6.73. The number of carbonyl (C=O) groups excluding carboxylic acids is 1. The molecular weight excluding hydrogens is 300 g/mol. The Kier molecular flexibility index (Phi) is 3.68. The summed E-state index contributed by atoms with van der Waals surface area (Å²) >= 11 is 0. The van der Waals surface area contributed by atoms with E-state index in [1.165, 1.54) is 0 Å². The van der Waals surface area contributed by atoms with Crippen LogP contribution in [0.5, 0.6) is 0 Å². The Morgan fingerprint density at radius 1 is 1.43 bits per heavy atom. The second-order valence-corrected chi connectivity index (χ2v) is 6.72. The first-order valence-corrected chi connectivity index (χ1v) is 8.21. The van der Waals surface area contributed by atoms with Gasteiger partial charge < -0.3 is 9.47 Å². The molecule has 0 aliphatic carbocycles. The average molecular weight is 316 g/mol. The molecule has 0 spiro atoms. The summed E-state index contributed by atoms with van der Waals surface area (Å²) in [7, 11) is -4.06. The maximum Gasteiger partial charge on any atom is 0.285 e. The number of H-pyrrole nitrogens is 1. The van der Waals surface area contributed by atoms with Gasteiger partial charge in [-0.25, -0.2) is 4.72 Å². The van der Waals surface area contributed by atoms with Crippen molar-refractivity contribution in [3.8, 4) is 0 Å². The van der Waals surface area contributed by atoms with Crippen molar-refractivity contribution in [3.63, 3.8) is 0 Å². The van der Waals surface area contributed by atoms with Crippen LogP contribution in [0, 0.1) is 0 Å². The van der Waals surface area contributed by atoms with Crippen molar-refractivity contribution >= 4 is 15.9 Å². The van der Waals surface area contributed by atoms with Crippen LogP contribution in [0.4, 0.5) is 0 Å². The lowest BCUT2D eigenvalue weighted by molar-refractivity contribution is -0.155. The minimum Gasteiger partial charge on any atom is -0.375 e. The molecule has 0 radical (unpaired) electrons. The summed E-state index contributed by atoms with van der Waals surface area (Å²) in [5.41, 5.74) is -1.23. The first kappa shape index (κ1) is 14.4. The molecule has 1 aromatic rings. The maximum atomic E-state index is 12.5. The fourth-order valence-electron chi connectivity index (χ4n) is 2.77. The van der Waals surface area contributed by atoms with Gasteiger partial charge in [0.15, 0.2) is 5.60 Å². The van der Waals surface area contributed by atoms with E-state index in [-0.39, 0.29) is 5.03 Å². The van der Waals surface area contributed by atoms with Crippen molar-refractivity contribution < 1.29 is 22.7 Å². The molecule has 0 aromatic carbocycles. The SMILES string of the molecule is O=C(NS(=O)(=O)c1cn[nH]n1)C1(C2CCCO2)CCCO1. The van der Waals surface area contributed by atoms with E-state index < -0.39 is 27.6 Å². The standard InChI is InChI=1S/C11H16N4O5S/c16-10(14-21(17,18)9-7-12-15-13-9)11(4-2-6-20-11)8-3-1-5-19-8/h7-8H,1-6H2,(H,14,16)(H,12,13,15). The van der Waals surface area contributed by atoms with E-state index in [1.54, 1.807) is 0 Å². The molecule has 0 bridgehead atoms. The number of hydrogen-bond acceptors (Lipinski definition) is 7. The van der Waals surface area contributed by atoms with Crippen LogP contribution < -0.4 is 4.72 Å². The van der Waals surface area contributed by atoms with Crippen LogP contribution in [0.15, 0.2) is 11.2 Å². The predicted octanol–water partition coefficient (Wildman–Crippen LogP) is -0.662. The number of ether oxygens (including phenoxy) is 2. The lowest BCUT2D eigenvalue weighted by Gasteiger charge is -2.31. The molecule has 2 unspecified atom stereocenters. The van der Waals surface area contributed by atoms with E-state index in [4.69, 9.17) is 9.47 Å². The predicted molar refractivity (Wildman–Crippen MR) is 68.6 cm³/mol. The Balaban J connectivity index is 1.82. The Labute approximate surface area is 121 Å². The van der Waals surface area contributed by atoms with Crippen molar-refractivity contribution in [3.05, 3.63) is 6.20 Å². The summed E-state index contributed by atoms with van der Waals surface area (Å²) in [5, 5.41) is 8.76. The second kappa shape index (κ2) is 5.35. The van der Waals surface area contributed by atoms with E-state index >= 15 is 0 Å². The van der Waals surface area contributed by atoms with Crippen molar-refractivity contribution in [1.82, 2.24) is 20.1 Å². The summed E-state index contributed by atoms with van der Waals surface area (Å²) < 4.78 is 37.3. The molecule has 9 nitrogen and oxygen atoms in total. The van der Waals surface area contributed by atoms with Crippen LogP contribution in [0.25, 0.3) is 0 Å². The zero-order chi connectivity index (χ0) is 14.9. The fraction of sp³-hybridized carbons (Fsp3) is 0.727. The Bertz CT molecular complexity index is 603. The van der Waals surface area contributed by atoms with Crippen molar-refractivity contribution in [1.29, 1.82) is 0 Å². The number of rotatable bonds is 4. The number of nitrogens with one attached hydrogen (secondary N) is 2. The number of nitrogens with zero attached hydrogens (tertiary/aromatic N) is 2. The third-order valence-corrected chi connectivity index (χ3v) is 4.98. The van der Waals surface area contributed by atoms with Crippen molar-refractivity contribution in [2.45, 2.75) is 42.4 Å². The van der Waals surface area contributed by atoms with E-state index in [9.17, 15) is 13.2 Å². The molecule has 2 fully saturated rings. The van der Waals surface area contributed by atoms with Gasteiger partial charge in [-0.3, -0.25) is 4.79 Å². The monoisotopic (exact) mass is 316 g/mol. The van der Waals surface area contributed by atoms with Gasteiger partial charge in [0.25, 0.3) is 15.9 Å². The lowest BCUT2D eigenvalue weighted by Crippen LogP contribution is -2.55. The van der Waals surface area contributed by atoms with Crippen LogP contribution in [0.2, 0.25) is 0 Å². The number of aromatic nitrogens is 3. The molecular formula is C11H16N4O5S. The van der Waals surface area contributed by atoms with Gasteiger partial charge in [0, 0.05) is 13.2 Å². The average Bonchev–Trinajstić information content (AvgIpc) is 3.20. The van der Waals surface area contributed by atoms with Crippen LogP contribution in [0.1, 0.15) is 25.7 Å². The highest BCUT2D eigenvalue weighted by molar-refractivity contribution is 7.90. The molecule has 1 aromatic heterocycles. The van der Waals surface area contributed by atoms with E-state index in [0.29, 0.717) is 32.5 Å². The summed E-state index contributed by atoms with van der Waals surface area (Å²) in [6, 6.07) is 0. The Hall–Kier alpha value is -1.52. The quantitative estimate of drug-likeness (QED) is 0.755. The van der Waals surface area contributed by atoms with Gasteiger partial charge in [-0.1, -0.05) is 0 Å². The normalized spacial score (nSPS) is 29.6. The molecule has 116 valence electrons. The van der Waals surface area contributed by atoms with Crippen LogP contribution in [-0.4, -0.2) is 54.7 Å². The lowest BCUT2D eigenvalue weighted by atomic mass is 9.90. The van der Waals surface area contributed by atoms with Crippen LogP contribution >= 0.6 is 0 Å². The van der Waals surface area contributed by atoms with Crippen molar-refractivity contribution in [2.24, 2.45) is 0 Å². The van der Waals surface area contributed by atoms with Crippen molar-refractivity contribution in [2.75, 3.05) is 13.2 Å². The van der Waals surface area contributed by atoms with E-state index in [1.807, 2.05) is 4.72 Å². The fourth-order valence-corrected chi connectivity index (χ4v) is 3.64. The zero-order valence-corrected chi connectivity index (χ0v) is 12.1. The van der Waals surface area contributed by atoms with Gasteiger partial charge in [0.1, 0.15) is 0 Å². The highest BCUT2D eigenvalue weighted by atomic mass is 32.2. The molecule has 2 N–H and O–H groups in total. The largest absolute Gasteiger partial charge is 0.375 e. The first-order chi connectivity index (χ1) is 10.0. The summed E-state index contributed by atoms with van der Waals surface area (Å²) in [6.07, 6.45) is 3.27. The molecule has 2 saturated heterocycles. The van der Waals surface area contributed by atoms with Crippen LogP contribution in [0.3, 0.4) is 0 Å². The number of sulfonamides is 1. The molecule has 2 aliphatic heterocycles. The highest BCUT2D eigenvalue weighted by Crippen LogP contribution is 2.36. The van der Waals surface area contributed by atoms with Gasteiger partial charge in [0.2, 0.25) is 5.03 Å². The van der Waals surface area contributed by atoms with Gasteiger partial charge in [-0.15, -0.1) is 5.10 Å². The molecule has 10 heteroatoms. The minimum atomic E-state index is -4.06. The molecule has 3 rings (SSSR count). The van der Waals surface area contributed by atoms with Gasteiger partial charge in [-0.2, -0.15) is 18.7 Å². The number of aromatic amines is 1. The Morgan fingerprint density at radius 2 is 2.29 bits per heavy atom. The van der Waals surface area contributed by atoms with Gasteiger partial charge in [0.05, 0.1) is 12.3 Å². The topological polar surface area (TPSA) is 123 Å². The summed E-state index contributed by atoms with van der Waals surface area (Å²) in [6.45, 7) is 0.969. The Morgan fingerprint density at radius 3 is 2.86 bits per heavy atom. The molecule has 3 heterocycles. The van der Waals surface area contributed by atoms with E-state index in [2.05, 4.69) is 15.4 Å². The number of amides is 1. The zero-order valence-electron chi connectivity index (χ0n) is 11.2. The van der Waals surface area contributed by atoms with Gasteiger partial charge in [-0.05, 0) is 25.7 Å². The minimum absolute atomic E-state index is 0.337. The smallest absolute Gasteiger partial charge is 0.285 e. The summed E-state index contributed by atoms with van der Waals surface area (Å²) in [5.74, 6) is -0.699. The van der Waals surface area contributed by atoms with Gasteiger partial charge >= 0.3 is 0 Å². The highest BCUT2D eigenvalue weighted by Gasteiger charge is 2.52. The second-order valence-electron chi connectivity index (χ2n) is 5.09. The third-order valence-electron chi connectivity index (χ3n) is 3.78. The molecule has 21 heavy (non-hydrogen) atoms. The third kappa shape index (κ3) is 2.54. The molecule has 1 amide bonds. The molecule has 2 aliphatic rings. The number of hydrogen-bond donors (Lipinski definition) is 2.